The lowest BCUT2D eigenvalue weighted by molar-refractivity contribution is -0.109. The summed E-state index contributed by atoms with van der Waals surface area (Å²) in [6, 6.07) is 11.1. The van der Waals surface area contributed by atoms with Gasteiger partial charge in [-0.15, -0.1) is 0 Å². The summed E-state index contributed by atoms with van der Waals surface area (Å²) < 4.78 is 31.2. The minimum absolute atomic E-state index is 0.0291. The number of aldehydes is 1. The Kier molecular flexibility index (Phi) is 5.80. The lowest BCUT2D eigenvalue weighted by Crippen LogP contribution is -2.37. The second kappa shape index (κ2) is 8.03. The number of hydrogen-bond acceptors (Lipinski definition) is 3. The molecule has 120 valence electrons. The summed E-state index contributed by atoms with van der Waals surface area (Å²) in [4.78, 5) is 22.7. The molecule has 4 nitrogen and oxygen atoms in total. The first kappa shape index (κ1) is 16.6. The highest BCUT2D eigenvalue weighted by Gasteiger charge is 2.14. The summed E-state index contributed by atoms with van der Waals surface area (Å²) >= 11 is 0. The molecule has 0 bridgehead atoms. The van der Waals surface area contributed by atoms with Gasteiger partial charge in [0.25, 0.3) is 0 Å². The maximum Gasteiger partial charge on any atom is 0.408 e. The van der Waals surface area contributed by atoms with Crippen LogP contribution in [0.1, 0.15) is 11.1 Å². The van der Waals surface area contributed by atoms with Crippen molar-refractivity contribution in [3.63, 3.8) is 0 Å². The van der Waals surface area contributed by atoms with Gasteiger partial charge in [0, 0.05) is 6.07 Å². The average molecular weight is 319 g/mol. The lowest BCUT2D eigenvalue weighted by atomic mass is 10.1. The van der Waals surface area contributed by atoms with Crippen molar-refractivity contribution in [2.75, 3.05) is 0 Å². The molecule has 0 heterocycles. The minimum atomic E-state index is -0.931. The molecule has 1 N–H and O–H groups in total. The Bertz CT molecular complexity index is 657. The van der Waals surface area contributed by atoms with Crippen LogP contribution in [0.2, 0.25) is 0 Å². The fraction of sp³-hybridized carbons (Fsp3) is 0.176. The molecule has 2 aromatic rings. The highest BCUT2D eigenvalue weighted by Crippen LogP contribution is 2.10. The van der Waals surface area contributed by atoms with E-state index >= 15 is 0 Å². The molecule has 1 amide bonds. The molecule has 0 saturated heterocycles. The van der Waals surface area contributed by atoms with Crippen molar-refractivity contribution < 1.29 is 23.1 Å². The van der Waals surface area contributed by atoms with Crippen LogP contribution in [-0.2, 0) is 22.6 Å². The largest absolute Gasteiger partial charge is 0.445 e. The topological polar surface area (TPSA) is 55.4 Å². The Labute approximate surface area is 132 Å². The van der Waals surface area contributed by atoms with E-state index in [1.54, 1.807) is 12.1 Å². The van der Waals surface area contributed by atoms with Crippen LogP contribution in [0.15, 0.2) is 48.5 Å². The van der Waals surface area contributed by atoms with Crippen molar-refractivity contribution in [3.05, 3.63) is 71.3 Å². The Hall–Kier alpha value is -2.76. The molecule has 0 aromatic heterocycles. The van der Waals surface area contributed by atoms with Crippen molar-refractivity contribution >= 4 is 12.4 Å². The fourth-order valence-electron chi connectivity index (χ4n) is 2.03. The van der Waals surface area contributed by atoms with Gasteiger partial charge >= 0.3 is 6.09 Å². The van der Waals surface area contributed by atoms with Crippen LogP contribution in [0, 0.1) is 11.6 Å². The molecule has 6 heteroatoms. The summed E-state index contributed by atoms with van der Waals surface area (Å²) in [6.45, 7) is 0.0623. The van der Waals surface area contributed by atoms with Gasteiger partial charge in [-0.25, -0.2) is 13.6 Å². The van der Waals surface area contributed by atoms with E-state index in [0.29, 0.717) is 6.29 Å². The fourth-order valence-corrected chi connectivity index (χ4v) is 2.03. The third-order valence-corrected chi connectivity index (χ3v) is 3.06. The minimum Gasteiger partial charge on any atom is -0.445 e. The van der Waals surface area contributed by atoms with E-state index in [9.17, 15) is 18.4 Å². The van der Waals surface area contributed by atoms with E-state index in [4.69, 9.17) is 4.74 Å². The first-order valence-electron chi connectivity index (χ1n) is 6.94. The van der Waals surface area contributed by atoms with Gasteiger partial charge < -0.3 is 14.8 Å². The molecular weight excluding hydrogens is 304 g/mol. The maximum absolute atomic E-state index is 13.1. The van der Waals surface area contributed by atoms with Crippen LogP contribution in [0.5, 0.6) is 0 Å². The molecular formula is C17H15F2NO3. The quantitative estimate of drug-likeness (QED) is 0.833. The first-order chi connectivity index (χ1) is 11.1. The zero-order valence-electron chi connectivity index (χ0n) is 12.2. The Morgan fingerprint density at radius 2 is 1.74 bits per heavy atom. The number of amides is 1. The van der Waals surface area contributed by atoms with E-state index in [1.165, 1.54) is 0 Å². The summed E-state index contributed by atoms with van der Waals surface area (Å²) in [7, 11) is 0. The number of halogens is 2. The van der Waals surface area contributed by atoms with Crippen LogP contribution in [0.25, 0.3) is 0 Å². The summed E-state index contributed by atoms with van der Waals surface area (Å²) in [6.07, 6.45) is -0.312. The SMILES string of the molecule is O=C[C@H](Cc1cc(F)cc(F)c1)NC(=O)OCc1ccccc1. The van der Waals surface area contributed by atoms with Crippen molar-refractivity contribution in [1.82, 2.24) is 5.32 Å². The number of hydrogen-bond donors (Lipinski definition) is 1. The molecule has 0 spiro atoms. The molecule has 0 radical (unpaired) electrons. The van der Waals surface area contributed by atoms with Gasteiger partial charge in [0.2, 0.25) is 0 Å². The molecule has 2 rings (SSSR count). The van der Waals surface area contributed by atoms with Gasteiger partial charge in [-0.05, 0) is 29.7 Å². The molecule has 23 heavy (non-hydrogen) atoms. The first-order valence-corrected chi connectivity index (χ1v) is 6.94. The number of ether oxygens (including phenoxy) is 1. The molecule has 2 aromatic carbocycles. The third kappa shape index (κ3) is 5.50. The second-order valence-corrected chi connectivity index (χ2v) is 4.93. The van der Waals surface area contributed by atoms with Crippen molar-refractivity contribution in [1.29, 1.82) is 0 Å². The number of carbonyl (C=O) groups is 2. The van der Waals surface area contributed by atoms with Gasteiger partial charge in [0.05, 0.1) is 6.04 Å². The number of benzene rings is 2. The average Bonchev–Trinajstić information content (AvgIpc) is 2.52. The Morgan fingerprint density at radius 1 is 1.09 bits per heavy atom. The van der Waals surface area contributed by atoms with Crippen molar-refractivity contribution in [2.24, 2.45) is 0 Å². The summed E-state index contributed by atoms with van der Waals surface area (Å²) in [5, 5.41) is 2.35. The molecule has 0 aliphatic carbocycles. The highest BCUT2D eigenvalue weighted by molar-refractivity contribution is 5.73. The van der Waals surface area contributed by atoms with Gasteiger partial charge in [0.1, 0.15) is 24.5 Å². The van der Waals surface area contributed by atoms with Crippen LogP contribution < -0.4 is 5.32 Å². The highest BCUT2D eigenvalue weighted by atomic mass is 19.1. The number of rotatable bonds is 6. The van der Waals surface area contributed by atoms with Gasteiger partial charge in [-0.1, -0.05) is 30.3 Å². The van der Waals surface area contributed by atoms with E-state index in [-0.39, 0.29) is 18.6 Å². The smallest absolute Gasteiger partial charge is 0.408 e. The van der Waals surface area contributed by atoms with E-state index in [0.717, 1.165) is 23.8 Å². The summed E-state index contributed by atoms with van der Waals surface area (Å²) in [5.41, 5.74) is 1.07. The number of nitrogens with one attached hydrogen (secondary N) is 1. The molecule has 0 aliphatic rings. The van der Waals surface area contributed by atoms with Gasteiger partial charge in [-0.2, -0.15) is 0 Å². The van der Waals surface area contributed by atoms with E-state index in [2.05, 4.69) is 5.32 Å². The third-order valence-electron chi connectivity index (χ3n) is 3.06. The van der Waals surface area contributed by atoms with Crippen LogP contribution >= 0.6 is 0 Å². The maximum atomic E-state index is 13.1. The second-order valence-electron chi connectivity index (χ2n) is 4.93. The van der Waals surface area contributed by atoms with Crippen molar-refractivity contribution in [3.8, 4) is 0 Å². The zero-order chi connectivity index (χ0) is 16.7. The van der Waals surface area contributed by atoms with E-state index in [1.807, 2.05) is 18.2 Å². The normalized spacial score (nSPS) is 11.6. The van der Waals surface area contributed by atoms with Gasteiger partial charge in [0.15, 0.2) is 0 Å². The molecule has 0 unspecified atom stereocenters. The van der Waals surface area contributed by atoms with Gasteiger partial charge in [-0.3, -0.25) is 0 Å². The van der Waals surface area contributed by atoms with Crippen LogP contribution in [0.4, 0.5) is 13.6 Å². The van der Waals surface area contributed by atoms with E-state index < -0.39 is 23.8 Å². The number of alkyl carbamates (subject to hydrolysis) is 1. The molecule has 0 aliphatic heterocycles. The molecule has 0 saturated carbocycles. The Balaban J connectivity index is 1.88. The zero-order valence-corrected chi connectivity index (χ0v) is 12.2. The monoisotopic (exact) mass is 319 g/mol. The molecule has 0 fully saturated rings. The Morgan fingerprint density at radius 3 is 2.35 bits per heavy atom. The molecule has 1 atom stereocenters. The van der Waals surface area contributed by atoms with Crippen LogP contribution in [0.3, 0.4) is 0 Å². The van der Waals surface area contributed by atoms with Crippen molar-refractivity contribution in [2.45, 2.75) is 19.1 Å². The number of carbonyl (C=O) groups excluding carboxylic acids is 2. The lowest BCUT2D eigenvalue weighted by Gasteiger charge is -2.13. The predicted octanol–water partition coefficient (Wildman–Crippen LogP) is 3.00. The predicted molar refractivity (Wildman–Crippen MR) is 79.7 cm³/mol. The standard InChI is InChI=1S/C17H15F2NO3/c18-14-6-13(7-15(19)9-14)8-16(10-21)20-17(22)23-11-12-4-2-1-3-5-12/h1-7,9-10,16H,8,11H2,(H,20,22)/t16-/m0/s1. The summed E-state index contributed by atoms with van der Waals surface area (Å²) in [5.74, 6) is -1.48. The van der Waals surface area contributed by atoms with Crippen LogP contribution in [-0.4, -0.2) is 18.4 Å².